The molecule has 1 aliphatic rings. The van der Waals surface area contributed by atoms with E-state index in [1.165, 1.54) is 32.3 Å². The monoisotopic (exact) mass is 447 g/mol. The fourth-order valence-corrected chi connectivity index (χ4v) is 4.43. The molecule has 0 saturated heterocycles. The Hall–Kier alpha value is -3.52. The fraction of sp³-hybridized carbons (Fsp3) is 0.250. The molecule has 0 radical (unpaired) electrons. The van der Waals surface area contributed by atoms with Crippen molar-refractivity contribution in [3.05, 3.63) is 53.2 Å². The van der Waals surface area contributed by atoms with Gasteiger partial charge in [0.1, 0.15) is 17.1 Å². The van der Waals surface area contributed by atoms with Gasteiger partial charge >= 0.3 is 0 Å². The molecule has 31 heavy (non-hydrogen) atoms. The van der Waals surface area contributed by atoms with Crippen LogP contribution in [-0.2, 0) is 15.6 Å². The molecule has 8 nitrogen and oxygen atoms in total. The predicted molar refractivity (Wildman–Crippen MR) is 112 cm³/mol. The van der Waals surface area contributed by atoms with Crippen LogP contribution in [0, 0.1) is 18.2 Å². The molecule has 1 atom stereocenters. The average molecular weight is 447 g/mol. The first-order chi connectivity index (χ1) is 14.6. The number of hydrogen-bond acceptors (Lipinski definition) is 7. The molecule has 2 heterocycles. The minimum Gasteiger partial charge on any atom is -0.463 e. The summed E-state index contributed by atoms with van der Waals surface area (Å²) in [4.78, 5) is 12.0. The summed E-state index contributed by atoms with van der Waals surface area (Å²) >= 11 is 0. The van der Waals surface area contributed by atoms with E-state index in [-0.39, 0.29) is 35.3 Å². The zero-order valence-corrected chi connectivity index (χ0v) is 17.5. The maximum Gasteiger partial charge on any atom is 0.239 e. The molecule has 3 rings (SSSR count). The van der Waals surface area contributed by atoms with Gasteiger partial charge in [-0.05, 0) is 30.7 Å². The molecule has 1 aromatic heterocycles. The Balaban J connectivity index is 1.95. The van der Waals surface area contributed by atoms with E-state index in [2.05, 4.69) is 20.9 Å². The molecule has 0 saturated carbocycles. The number of sulfonamides is 1. The second kappa shape index (κ2) is 8.31. The highest BCUT2D eigenvalue weighted by Crippen LogP contribution is 2.34. The minimum atomic E-state index is -3.79. The Morgan fingerprint density at radius 2 is 2.16 bits per heavy atom. The van der Waals surface area contributed by atoms with Crippen LogP contribution >= 0.6 is 0 Å². The van der Waals surface area contributed by atoms with Gasteiger partial charge in [-0.1, -0.05) is 12.0 Å². The number of hydrogen-bond donors (Lipinski definition) is 1. The van der Waals surface area contributed by atoms with Crippen molar-refractivity contribution >= 4 is 27.9 Å². The number of aliphatic imine (C=N–C) groups is 1. The lowest BCUT2D eigenvalue weighted by atomic mass is 9.92. The molecule has 0 fully saturated rings. The molecule has 0 aliphatic carbocycles. The van der Waals surface area contributed by atoms with Crippen molar-refractivity contribution in [2.75, 3.05) is 19.4 Å². The molecule has 1 aliphatic heterocycles. The Labute approximate surface area is 178 Å². The molecular weight excluding hydrogens is 428 g/mol. The van der Waals surface area contributed by atoms with Gasteiger partial charge in [0, 0.05) is 12.6 Å². The first kappa shape index (κ1) is 22.2. The third-order valence-corrected chi connectivity index (χ3v) is 6.55. The van der Waals surface area contributed by atoms with Crippen molar-refractivity contribution in [2.24, 2.45) is 10.7 Å². The maximum absolute atomic E-state index is 14.7. The van der Waals surface area contributed by atoms with E-state index in [1.54, 1.807) is 0 Å². The zero-order valence-electron chi connectivity index (χ0n) is 16.7. The highest BCUT2D eigenvalue weighted by Gasteiger charge is 2.41. The van der Waals surface area contributed by atoms with Gasteiger partial charge < -0.3 is 10.5 Å². The highest BCUT2D eigenvalue weighted by atomic mass is 32.2. The average Bonchev–Trinajstić information content (AvgIpc) is 2.71. The lowest BCUT2D eigenvalue weighted by Gasteiger charge is -2.34. The number of benzene rings is 1. The molecule has 1 aromatic carbocycles. The first-order valence-corrected chi connectivity index (χ1v) is 10.5. The molecule has 0 unspecified atom stereocenters. The first-order valence-electron chi connectivity index (χ1n) is 8.93. The van der Waals surface area contributed by atoms with Crippen LogP contribution in [0.2, 0.25) is 0 Å². The Bertz CT molecular complexity index is 1210. The van der Waals surface area contributed by atoms with Crippen molar-refractivity contribution in [3.63, 3.8) is 0 Å². The van der Waals surface area contributed by atoms with Crippen LogP contribution in [0.3, 0.4) is 0 Å². The number of ether oxygens (including phenoxy) is 1. The number of aromatic nitrogens is 2. The summed E-state index contributed by atoms with van der Waals surface area (Å²) in [5.74, 6) is 0.237. The molecular formula is C20H19F2N5O3S. The lowest BCUT2D eigenvalue weighted by molar-refractivity contribution is 0.353. The van der Waals surface area contributed by atoms with E-state index in [9.17, 15) is 17.2 Å². The molecule has 0 amide bonds. The minimum absolute atomic E-state index is 0.00196. The van der Waals surface area contributed by atoms with Crippen LogP contribution in [-0.4, -0.2) is 48.1 Å². The number of rotatable bonds is 5. The predicted octanol–water partition coefficient (Wildman–Crippen LogP) is 1.90. The molecule has 2 N–H and O–H groups in total. The third kappa shape index (κ3) is 4.64. The number of halogens is 2. The molecule has 11 heteroatoms. The standard InChI is InChI=1S/C20H19F2N5O3S/c1-4-7-30-18-11-24-17(10-25-18)16(22)9-13-5-6-15(21)14(8-13)20(2)12-31(28,29)27(3)19(23)26-20/h1,5-6,8-11H,7,12H2,2-3H3,(H2,23,26)/b16-9-/t20-/m0/s1. The van der Waals surface area contributed by atoms with Crippen molar-refractivity contribution in [2.45, 2.75) is 12.5 Å². The van der Waals surface area contributed by atoms with Crippen molar-refractivity contribution in [1.29, 1.82) is 0 Å². The molecule has 0 bridgehead atoms. The summed E-state index contributed by atoms with van der Waals surface area (Å²) in [7, 11) is -2.53. The van der Waals surface area contributed by atoms with Crippen molar-refractivity contribution in [1.82, 2.24) is 14.3 Å². The van der Waals surface area contributed by atoms with E-state index in [0.29, 0.717) is 0 Å². The zero-order chi connectivity index (χ0) is 22.8. The van der Waals surface area contributed by atoms with E-state index in [1.807, 2.05) is 0 Å². The number of terminal acetylenes is 1. The number of nitrogens with two attached hydrogens (primary N) is 1. The van der Waals surface area contributed by atoms with E-state index >= 15 is 0 Å². The van der Waals surface area contributed by atoms with Crippen LogP contribution in [0.5, 0.6) is 5.88 Å². The van der Waals surface area contributed by atoms with Crippen LogP contribution in [0.4, 0.5) is 8.78 Å². The van der Waals surface area contributed by atoms with Gasteiger partial charge in [-0.25, -0.2) is 36.5 Å². The highest BCUT2D eigenvalue weighted by molar-refractivity contribution is 7.89. The number of guanidine groups is 1. The van der Waals surface area contributed by atoms with Crippen LogP contribution in [0.25, 0.3) is 11.9 Å². The van der Waals surface area contributed by atoms with Crippen molar-refractivity contribution in [3.8, 4) is 18.2 Å². The van der Waals surface area contributed by atoms with E-state index in [4.69, 9.17) is 16.9 Å². The summed E-state index contributed by atoms with van der Waals surface area (Å²) in [6.07, 6.45) is 8.59. The Morgan fingerprint density at radius 1 is 1.42 bits per heavy atom. The van der Waals surface area contributed by atoms with Gasteiger partial charge in [-0.2, -0.15) is 0 Å². The normalized spacial score (nSPS) is 20.7. The summed E-state index contributed by atoms with van der Waals surface area (Å²) in [5.41, 5.74) is 4.41. The van der Waals surface area contributed by atoms with E-state index < -0.39 is 33.0 Å². The van der Waals surface area contributed by atoms with Crippen LogP contribution in [0.1, 0.15) is 23.7 Å². The van der Waals surface area contributed by atoms with Gasteiger partial charge in [0.05, 0.1) is 18.1 Å². The lowest BCUT2D eigenvalue weighted by Crippen LogP contribution is -2.50. The quantitative estimate of drug-likeness (QED) is 0.701. The van der Waals surface area contributed by atoms with Gasteiger partial charge in [0.25, 0.3) is 0 Å². The van der Waals surface area contributed by atoms with Gasteiger partial charge in [-0.3, -0.25) is 0 Å². The van der Waals surface area contributed by atoms with Crippen molar-refractivity contribution < 1.29 is 21.9 Å². The maximum atomic E-state index is 14.7. The summed E-state index contributed by atoms with van der Waals surface area (Å²) in [6, 6.07) is 3.78. The largest absolute Gasteiger partial charge is 0.463 e. The second-order valence-corrected chi connectivity index (χ2v) is 8.93. The van der Waals surface area contributed by atoms with Gasteiger partial charge in [-0.15, -0.1) is 6.42 Å². The summed E-state index contributed by atoms with van der Waals surface area (Å²) in [5, 5.41) is 0. The van der Waals surface area contributed by atoms with Crippen LogP contribution in [0.15, 0.2) is 35.6 Å². The number of nitrogens with zero attached hydrogens (tertiary/aromatic N) is 4. The molecule has 162 valence electrons. The topological polar surface area (TPSA) is 111 Å². The van der Waals surface area contributed by atoms with Gasteiger partial charge in [0.2, 0.25) is 21.9 Å². The fourth-order valence-electron chi connectivity index (χ4n) is 2.98. The Kier molecular flexibility index (Phi) is 5.94. The summed E-state index contributed by atoms with van der Waals surface area (Å²) in [6.45, 7) is 1.45. The van der Waals surface area contributed by atoms with E-state index in [0.717, 1.165) is 22.6 Å². The second-order valence-electron chi connectivity index (χ2n) is 6.93. The molecule has 0 spiro atoms. The smallest absolute Gasteiger partial charge is 0.239 e. The van der Waals surface area contributed by atoms with Gasteiger partial charge in [0.15, 0.2) is 12.4 Å². The summed E-state index contributed by atoms with van der Waals surface area (Å²) < 4.78 is 59.9. The van der Waals surface area contributed by atoms with Crippen LogP contribution < -0.4 is 10.5 Å². The SMILES string of the molecule is C#CCOc1cnc(/C(F)=C/c2ccc(F)c([C@]3(C)CS(=O)(=O)N(C)C(N)=N3)c2)cn1. The third-order valence-electron chi connectivity index (χ3n) is 4.60. The molecule has 2 aromatic rings. The Morgan fingerprint density at radius 3 is 2.77 bits per heavy atom.